The molecule has 0 amide bonds. The molecule has 0 aliphatic heterocycles. The van der Waals surface area contributed by atoms with Crippen LogP contribution < -0.4 is 16.2 Å². The number of benzene rings is 1. The van der Waals surface area contributed by atoms with Crippen molar-refractivity contribution in [2.75, 3.05) is 11.5 Å². The SMILES string of the molecule is CC(C)Oc1cc(N)ccc1N. The predicted octanol–water partition coefficient (Wildman–Crippen LogP) is 1.64. The third kappa shape index (κ3) is 2.05. The average Bonchev–Trinajstić information content (AvgIpc) is 1.96. The summed E-state index contributed by atoms with van der Waals surface area (Å²) in [6.45, 7) is 3.89. The molecular formula is C9H14N2O. The third-order valence-corrected chi connectivity index (χ3v) is 1.40. The molecule has 1 aromatic carbocycles. The van der Waals surface area contributed by atoms with Crippen LogP contribution in [0.3, 0.4) is 0 Å². The topological polar surface area (TPSA) is 61.3 Å². The zero-order valence-corrected chi connectivity index (χ0v) is 7.37. The van der Waals surface area contributed by atoms with Crippen LogP contribution in [0.15, 0.2) is 18.2 Å². The second-order valence-electron chi connectivity index (χ2n) is 2.96. The van der Waals surface area contributed by atoms with E-state index in [4.69, 9.17) is 16.2 Å². The lowest BCUT2D eigenvalue weighted by Crippen LogP contribution is -2.07. The second-order valence-corrected chi connectivity index (χ2v) is 2.96. The second kappa shape index (κ2) is 3.34. The molecule has 12 heavy (non-hydrogen) atoms. The number of rotatable bonds is 2. The number of nitrogen functional groups attached to an aromatic ring is 2. The first kappa shape index (κ1) is 8.71. The van der Waals surface area contributed by atoms with Gasteiger partial charge >= 0.3 is 0 Å². The molecule has 0 heterocycles. The van der Waals surface area contributed by atoms with Crippen LogP contribution in [0.25, 0.3) is 0 Å². The molecule has 0 saturated heterocycles. The van der Waals surface area contributed by atoms with E-state index in [0.29, 0.717) is 17.1 Å². The first-order valence-electron chi connectivity index (χ1n) is 3.91. The molecule has 0 saturated carbocycles. The molecule has 0 bridgehead atoms. The standard InChI is InChI=1S/C9H14N2O/c1-6(2)12-9-5-7(10)3-4-8(9)11/h3-6H,10-11H2,1-2H3. The summed E-state index contributed by atoms with van der Waals surface area (Å²) in [6.07, 6.45) is 0.120. The fourth-order valence-electron chi connectivity index (χ4n) is 0.907. The maximum Gasteiger partial charge on any atom is 0.144 e. The van der Waals surface area contributed by atoms with Crippen LogP contribution in [-0.4, -0.2) is 6.10 Å². The highest BCUT2D eigenvalue weighted by atomic mass is 16.5. The smallest absolute Gasteiger partial charge is 0.144 e. The van der Waals surface area contributed by atoms with Gasteiger partial charge in [0.15, 0.2) is 0 Å². The average molecular weight is 166 g/mol. The Labute approximate surface area is 72.3 Å². The Morgan fingerprint density at radius 1 is 1.25 bits per heavy atom. The van der Waals surface area contributed by atoms with Gasteiger partial charge in [-0.05, 0) is 26.0 Å². The van der Waals surface area contributed by atoms with E-state index < -0.39 is 0 Å². The van der Waals surface area contributed by atoms with Crippen LogP contribution in [0.1, 0.15) is 13.8 Å². The number of hydrogen-bond acceptors (Lipinski definition) is 3. The number of nitrogens with two attached hydrogens (primary N) is 2. The summed E-state index contributed by atoms with van der Waals surface area (Å²) in [4.78, 5) is 0. The number of anilines is 2. The van der Waals surface area contributed by atoms with Crippen LogP contribution in [0, 0.1) is 0 Å². The van der Waals surface area contributed by atoms with Crippen molar-refractivity contribution in [3.05, 3.63) is 18.2 Å². The lowest BCUT2D eigenvalue weighted by Gasteiger charge is -2.12. The predicted molar refractivity (Wildman–Crippen MR) is 51.0 cm³/mol. The minimum absolute atomic E-state index is 0.120. The normalized spacial score (nSPS) is 10.2. The first-order chi connectivity index (χ1) is 5.59. The van der Waals surface area contributed by atoms with E-state index >= 15 is 0 Å². The Bertz CT molecular complexity index is 271. The van der Waals surface area contributed by atoms with E-state index in [1.807, 2.05) is 13.8 Å². The van der Waals surface area contributed by atoms with Gasteiger partial charge in [0.25, 0.3) is 0 Å². The van der Waals surface area contributed by atoms with Gasteiger partial charge in [-0.1, -0.05) is 0 Å². The monoisotopic (exact) mass is 166 g/mol. The zero-order chi connectivity index (χ0) is 9.14. The van der Waals surface area contributed by atoms with Gasteiger partial charge in [-0.25, -0.2) is 0 Å². The fraction of sp³-hybridized carbons (Fsp3) is 0.333. The van der Waals surface area contributed by atoms with Gasteiger partial charge in [0, 0.05) is 11.8 Å². The van der Waals surface area contributed by atoms with Crippen molar-refractivity contribution in [3.8, 4) is 5.75 Å². The third-order valence-electron chi connectivity index (χ3n) is 1.40. The molecule has 0 aliphatic carbocycles. The van der Waals surface area contributed by atoms with Crippen molar-refractivity contribution in [2.45, 2.75) is 20.0 Å². The van der Waals surface area contributed by atoms with E-state index in [1.54, 1.807) is 18.2 Å². The van der Waals surface area contributed by atoms with Crippen LogP contribution >= 0.6 is 0 Å². The van der Waals surface area contributed by atoms with Crippen molar-refractivity contribution < 1.29 is 4.74 Å². The van der Waals surface area contributed by atoms with Gasteiger partial charge in [-0.2, -0.15) is 0 Å². The molecule has 1 aromatic rings. The fourth-order valence-corrected chi connectivity index (χ4v) is 0.907. The lowest BCUT2D eigenvalue weighted by atomic mass is 10.2. The molecule has 3 nitrogen and oxygen atoms in total. The molecule has 4 N–H and O–H groups in total. The van der Waals surface area contributed by atoms with Crippen molar-refractivity contribution >= 4 is 11.4 Å². The van der Waals surface area contributed by atoms with Crippen molar-refractivity contribution in [1.29, 1.82) is 0 Å². The molecule has 0 atom stereocenters. The zero-order valence-electron chi connectivity index (χ0n) is 7.37. The molecular weight excluding hydrogens is 152 g/mol. The van der Waals surface area contributed by atoms with Crippen molar-refractivity contribution in [2.24, 2.45) is 0 Å². The molecule has 0 spiro atoms. The molecule has 0 aromatic heterocycles. The summed E-state index contributed by atoms with van der Waals surface area (Å²) in [5.41, 5.74) is 12.5. The highest BCUT2D eigenvalue weighted by molar-refractivity contribution is 5.59. The van der Waals surface area contributed by atoms with Gasteiger partial charge in [0.05, 0.1) is 11.8 Å². The Kier molecular flexibility index (Phi) is 2.43. The molecule has 1 rings (SSSR count). The summed E-state index contributed by atoms with van der Waals surface area (Å²) in [5.74, 6) is 0.657. The lowest BCUT2D eigenvalue weighted by molar-refractivity contribution is 0.244. The van der Waals surface area contributed by atoms with E-state index in [0.717, 1.165) is 0 Å². The van der Waals surface area contributed by atoms with E-state index in [1.165, 1.54) is 0 Å². The molecule has 66 valence electrons. The maximum atomic E-state index is 5.66. The molecule has 3 heteroatoms. The van der Waals surface area contributed by atoms with Gasteiger partial charge in [0.2, 0.25) is 0 Å². The summed E-state index contributed by atoms with van der Waals surface area (Å²) in [7, 11) is 0. The summed E-state index contributed by atoms with van der Waals surface area (Å²) in [6, 6.07) is 5.23. The Hall–Kier alpha value is -1.38. The number of hydrogen-bond donors (Lipinski definition) is 2. The summed E-state index contributed by atoms with van der Waals surface area (Å²) in [5, 5.41) is 0. The first-order valence-corrected chi connectivity index (χ1v) is 3.91. The van der Waals surface area contributed by atoms with Crippen LogP contribution in [-0.2, 0) is 0 Å². The minimum Gasteiger partial charge on any atom is -0.489 e. The quantitative estimate of drug-likeness (QED) is 0.656. The molecule has 0 unspecified atom stereocenters. The van der Waals surface area contributed by atoms with Crippen molar-refractivity contribution in [1.82, 2.24) is 0 Å². The maximum absolute atomic E-state index is 5.66. The summed E-state index contributed by atoms with van der Waals surface area (Å²) < 4.78 is 5.42. The van der Waals surface area contributed by atoms with E-state index in [-0.39, 0.29) is 6.10 Å². The molecule has 0 aliphatic rings. The van der Waals surface area contributed by atoms with Gasteiger partial charge in [-0.3, -0.25) is 0 Å². The minimum atomic E-state index is 0.120. The van der Waals surface area contributed by atoms with Gasteiger partial charge < -0.3 is 16.2 Å². The van der Waals surface area contributed by atoms with Crippen molar-refractivity contribution in [3.63, 3.8) is 0 Å². The Morgan fingerprint density at radius 3 is 2.50 bits per heavy atom. The highest BCUT2D eigenvalue weighted by Crippen LogP contribution is 2.24. The van der Waals surface area contributed by atoms with Gasteiger partial charge in [-0.15, -0.1) is 0 Å². The Morgan fingerprint density at radius 2 is 1.92 bits per heavy atom. The molecule has 0 fully saturated rings. The van der Waals surface area contributed by atoms with Crippen LogP contribution in [0.5, 0.6) is 5.75 Å². The highest BCUT2D eigenvalue weighted by Gasteiger charge is 2.02. The Balaban J connectivity index is 2.90. The van der Waals surface area contributed by atoms with Crippen LogP contribution in [0.2, 0.25) is 0 Å². The van der Waals surface area contributed by atoms with E-state index in [2.05, 4.69) is 0 Å². The van der Waals surface area contributed by atoms with E-state index in [9.17, 15) is 0 Å². The summed E-state index contributed by atoms with van der Waals surface area (Å²) >= 11 is 0. The molecule has 0 radical (unpaired) electrons. The van der Waals surface area contributed by atoms with Gasteiger partial charge in [0.1, 0.15) is 5.75 Å². The van der Waals surface area contributed by atoms with Crippen LogP contribution in [0.4, 0.5) is 11.4 Å². The largest absolute Gasteiger partial charge is 0.489 e. The number of ether oxygens (including phenoxy) is 1.